The Bertz CT molecular complexity index is 502. The van der Waals surface area contributed by atoms with E-state index in [0.29, 0.717) is 11.6 Å². The monoisotopic (exact) mass is 260 g/mol. The van der Waals surface area contributed by atoms with Crippen LogP contribution in [0.1, 0.15) is 11.1 Å². The predicted molar refractivity (Wildman–Crippen MR) is 58.1 cm³/mol. The highest BCUT2D eigenvalue weighted by Gasteiger charge is 2.29. The van der Waals surface area contributed by atoms with Crippen LogP contribution in [0.3, 0.4) is 0 Å². The van der Waals surface area contributed by atoms with Gasteiger partial charge < -0.3 is 0 Å². The highest BCUT2D eigenvalue weighted by molar-refractivity contribution is 6.17. The van der Waals surface area contributed by atoms with Gasteiger partial charge in [0.1, 0.15) is 0 Å². The molecule has 0 aliphatic rings. The van der Waals surface area contributed by atoms with Gasteiger partial charge in [-0.3, -0.25) is 0 Å². The molecule has 0 saturated carbocycles. The summed E-state index contributed by atoms with van der Waals surface area (Å²) in [4.78, 5) is 0. The van der Waals surface area contributed by atoms with Gasteiger partial charge in [0.15, 0.2) is 0 Å². The third kappa shape index (κ3) is 2.61. The van der Waals surface area contributed by atoms with E-state index in [1.54, 1.807) is 12.4 Å². The minimum absolute atomic E-state index is 0.320. The van der Waals surface area contributed by atoms with E-state index in [-0.39, 0.29) is 0 Å². The van der Waals surface area contributed by atoms with Gasteiger partial charge in [-0.15, -0.1) is 11.6 Å². The van der Waals surface area contributed by atoms with E-state index in [0.717, 1.165) is 17.7 Å². The fourth-order valence-corrected chi connectivity index (χ4v) is 1.51. The molecule has 0 unspecified atom stereocenters. The molecule has 0 amide bonds. The lowest BCUT2D eigenvalue weighted by Gasteiger charge is -2.07. The smallest absolute Gasteiger partial charge is 0.241 e. The first-order chi connectivity index (χ1) is 8.00. The molecule has 1 aromatic heterocycles. The molecule has 1 heterocycles. The Labute approximate surface area is 101 Å². The van der Waals surface area contributed by atoms with Crippen molar-refractivity contribution in [2.24, 2.45) is 0 Å². The van der Waals surface area contributed by atoms with Crippen LogP contribution < -0.4 is 0 Å². The molecular weight excluding hydrogens is 253 g/mol. The quantitative estimate of drug-likeness (QED) is 0.754. The zero-order chi connectivity index (χ0) is 12.5. The van der Waals surface area contributed by atoms with Gasteiger partial charge in [-0.25, -0.2) is 4.68 Å². The van der Waals surface area contributed by atoms with Crippen molar-refractivity contribution in [3.8, 4) is 5.69 Å². The van der Waals surface area contributed by atoms with Crippen LogP contribution in [0.15, 0.2) is 36.7 Å². The van der Waals surface area contributed by atoms with E-state index >= 15 is 0 Å². The summed E-state index contributed by atoms with van der Waals surface area (Å²) in [6, 6.07) is 4.79. The number of rotatable bonds is 2. The first-order valence-electron chi connectivity index (χ1n) is 4.78. The van der Waals surface area contributed by atoms with Crippen LogP contribution >= 0.6 is 11.6 Å². The molecule has 0 bridgehead atoms. The zero-order valence-corrected chi connectivity index (χ0v) is 9.33. The molecule has 0 fully saturated rings. The average Bonchev–Trinajstić information content (AvgIpc) is 2.76. The maximum Gasteiger partial charge on any atom is 0.416 e. The topological polar surface area (TPSA) is 17.8 Å². The largest absolute Gasteiger partial charge is 0.416 e. The fraction of sp³-hybridized carbons (Fsp3) is 0.182. The van der Waals surface area contributed by atoms with E-state index in [4.69, 9.17) is 11.6 Å². The van der Waals surface area contributed by atoms with Crippen molar-refractivity contribution in [3.63, 3.8) is 0 Å². The van der Waals surface area contributed by atoms with Gasteiger partial charge in [0.05, 0.1) is 23.3 Å². The minimum atomic E-state index is -4.32. The number of benzene rings is 1. The van der Waals surface area contributed by atoms with Crippen molar-refractivity contribution in [2.45, 2.75) is 12.1 Å². The van der Waals surface area contributed by atoms with Crippen molar-refractivity contribution in [2.75, 3.05) is 0 Å². The molecule has 2 rings (SSSR count). The molecule has 90 valence electrons. The van der Waals surface area contributed by atoms with Crippen LogP contribution in [0.2, 0.25) is 0 Å². The summed E-state index contributed by atoms with van der Waals surface area (Å²) in [6.45, 7) is 0. The van der Waals surface area contributed by atoms with Gasteiger partial charge in [-0.05, 0) is 24.3 Å². The highest BCUT2D eigenvalue weighted by atomic mass is 35.5. The maximum absolute atomic E-state index is 12.3. The summed E-state index contributed by atoms with van der Waals surface area (Å²) >= 11 is 5.61. The summed E-state index contributed by atoms with van der Waals surface area (Å²) < 4.78 is 38.5. The van der Waals surface area contributed by atoms with Crippen molar-refractivity contribution in [1.82, 2.24) is 9.78 Å². The Morgan fingerprint density at radius 3 is 2.29 bits per heavy atom. The Balaban J connectivity index is 2.29. The Kier molecular flexibility index (Phi) is 3.11. The van der Waals surface area contributed by atoms with E-state index in [2.05, 4.69) is 5.10 Å². The summed E-state index contributed by atoms with van der Waals surface area (Å²) in [6.07, 6.45) is -1.07. The molecule has 17 heavy (non-hydrogen) atoms. The van der Waals surface area contributed by atoms with Gasteiger partial charge in [0.25, 0.3) is 0 Å². The van der Waals surface area contributed by atoms with Gasteiger partial charge in [-0.1, -0.05) is 0 Å². The summed E-state index contributed by atoms with van der Waals surface area (Å²) in [5, 5.41) is 4.00. The second kappa shape index (κ2) is 4.41. The number of aromatic nitrogens is 2. The molecule has 0 saturated heterocycles. The SMILES string of the molecule is FC(F)(F)c1ccc(-n2cc(CCl)cn2)cc1. The Hall–Kier alpha value is -1.49. The molecule has 0 radical (unpaired) electrons. The lowest BCUT2D eigenvalue weighted by atomic mass is 10.2. The molecular formula is C11H8ClF3N2. The van der Waals surface area contributed by atoms with Gasteiger partial charge in [0, 0.05) is 11.8 Å². The third-order valence-corrected chi connectivity index (χ3v) is 2.56. The number of hydrogen-bond donors (Lipinski definition) is 0. The zero-order valence-electron chi connectivity index (χ0n) is 8.58. The summed E-state index contributed by atoms with van der Waals surface area (Å²) in [5.74, 6) is 0.320. The molecule has 2 nitrogen and oxygen atoms in total. The molecule has 0 atom stereocenters. The molecule has 0 spiro atoms. The maximum atomic E-state index is 12.3. The van der Waals surface area contributed by atoms with Crippen LogP contribution in [0.5, 0.6) is 0 Å². The predicted octanol–water partition coefficient (Wildman–Crippen LogP) is 3.63. The number of halogens is 4. The van der Waals surface area contributed by atoms with E-state index in [1.165, 1.54) is 16.8 Å². The second-order valence-corrected chi connectivity index (χ2v) is 3.74. The molecule has 1 aromatic carbocycles. The van der Waals surface area contributed by atoms with Gasteiger partial charge >= 0.3 is 6.18 Å². The Morgan fingerprint density at radius 1 is 1.18 bits per heavy atom. The van der Waals surface area contributed by atoms with Crippen LogP contribution in [0.25, 0.3) is 5.69 Å². The van der Waals surface area contributed by atoms with Crippen LogP contribution in [0, 0.1) is 0 Å². The van der Waals surface area contributed by atoms with Crippen LogP contribution in [0.4, 0.5) is 13.2 Å². The fourth-order valence-electron chi connectivity index (χ4n) is 1.37. The van der Waals surface area contributed by atoms with Crippen LogP contribution in [-0.4, -0.2) is 9.78 Å². The van der Waals surface area contributed by atoms with Crippen molar-refractivity contribution in [1.29, 1.82) is 0 Å². The lowest BCUT2D eigenvalue weighted by Crippen LogP contribution is -2.05. The van der Waals surface area contributed by atoms with Crippen LogP contribution in [-0.2, 0) is 12.1 Å². The molecule has 6 heteroatoms. The molecule has 2 aromatic rings. The first-order valence-corrected chi connectivity index (χ1v) is 5.31. The normalized spacial score (nSPS) is 11.8. The van der Waals surface area contributed by atoms with E-state index < -0.39 is 11.7 Å². The Morgan fingerprint density at radius 2 is 1.82 bits per heavy atom. The number of nitrogens with zero attached hydrogens (tertiary/aromatic N) is 2. The number of hydrogen-bond acceptors (Lipinski definition) is 1. The van der Waals surface area contributed by atoms with Crippen molar-refractivity contribution in [3.05, 3.63) is 47.8 Å². The van der Waals surface area contributed by atoms with Gasteiger partial charge in [0.2, 0.25) is 0 Å². The van der Waals surface area contributed by atoms with Crippen molar-refractivity contribution >= 4 is 11.6 Å². The second-order valence-electron chi connectivity index (χ2n) is 3.47. The molecule has 0 aliphatic carbocycles. The summed E-state index contributed by atoms with van der Waals surface area (Å²) in [5.41, 5.74) is 0.701. The number of alkyl halides is 4. The van der Waals surface area contributed by atoms with Gasteiger partial charge in [-0.2, -0.15) is 18.3 Å². The van der Waals surface area contributed by atoms with Crippen molar-refractivity contribution < 1.29 is 13.2 Å². The molecule has 0 N–H and O–H groups in total. The lowest BCUT2D eigenvalue weighted by molar-refractivity contribution is -0.137. The van der Waals surface area contributed by atoms with E-state index in [1.807, 2.05) is 0 Å². The standard InChI is InChI=1S/C11H8ClF3N2/c12-5-8-6-16-17(7-8)10-3-1-9(2-4-10)11(13,14)15/h1-4,6-7H,5H2. The first kappa shape index (κ1) is 12.0. The summed E-state index contributed by atoms with van der Waals surface area (Å²) in [7, 11) is 0. The molecule has 0 aliphatic heterocycles. The van der Waals surface area contributed by atoms with E-state index in [9.17, 15) is 13.2 Å². The highest BCUT2D eigenvalue weighted by Crippen LogP contribution is 2.29. The minimum Gasteiger partial charge on any atom is -0.241 e. The average molecular weight is 261 g/mol. The third-order valence-electron chi connectivity index (χ3n) is 2.25.